The number of nitrogen functional groups attached to an aromatic ring is 1. The smallest absolute Gasteiger partial charge is 0.143 e. The van der Waals surface area contributed by atoms with Gasteiger partial charge in [-0.25, -0.2) is 0 Å². The zero-order chi connectivity index (χ0) is 13.3. The fourth-order valence-corrected chi connectivity index (χ4v) is 2.05. The van der Waals surface area contributed by atoms with E-state index in [4.69, 9.17) is 10.5 Å². The molecular formula is C14H21N3O. The number of anilines is 1. The van der Waals surface area contributed by atoms with Crippen LogP contribution in [0.3, 0.4) is 0 Å². The number of fused-ring (bicyclic) bond motifs is 1. The topological polar surface area (TPSA) is 54.3 Å². The van der Waals surface area contributed by atoms with Gasteiger partial charge in [0.05, 0.1) is 5.52 Å². The number of aryl methyl sites for hydroxylation is 2. The fraction of sp³-hybridized carbons (Fsp3) is 0.429. The summed E-state index contributed by atoms with van der Waals surface area (Å²) in [6.07, 6.45) is 0. The van der Waals surface area contributed by atoms with Crippen LogP contribution in [0.25, 0.3) is 10.9 Å². The molecule has 0 saturated carbocycles. The van der Waals surface area contributed by atoms with Crippen LogP contribution in [0.2, 0.25) is 0 Å². The van der Waals surface area contributed by atoms with E-state index in [1.165, 1.54) is 5.56 Å². The minimum absolute atomic E-state index is 0.670. The molecule has 2 rings (SSSR count). The molecule has 0 aliphatic rings. The van der Waals surface area contributed by atoms with Crippen molar-refractivity contribution in [1.82, 2.24) is 9.88 Å². The fourth-order valence-electron chi connectivity index (χ4n) is 2.05. The Balaban J connectivity index is 2.34. The highest BCUT2D eigenvalue weighted by molar-refractivity contribution is 5.98. The maximum Gasteiger partial charge on any atom is 0.143 e. The van der Waals surface area contributed by atoms with E-state index in [0.717, 1.165) is 34.6 Å². The Hall–Kier alpha value is -1.68. The van der Waals surface area contributed by atoms with Gasteiger partial charge in [0.1, 0.15) is 12.4 Å². The van der Waals surface area contributed by atoms with E-state index in [2.05, 4.69) is 23.7 Å². The molecule has 1 heterocycles. The molecule has 98 valence electrons. The molecule has 0 spiro atoms. The normalized spacial score (nSPS) is 11.4. The lowest BCUT2D eigenvalue weighted by molar-refractivity contribution is 0.263. The zero-order valence-electron chi connectivity index (χ0n) is 11.5. The number of rotatable bonds is 4. The van der Waals surface area contributed by atoms with Gasteiger partial charge in [0.2, 0.25) is 0 Å². The predicted octanol–water partition coefficient (Wildman–Crippen LogP) is 2.31. The maximum atomic E-state index is 6.03. The van der Waals surface area contributed by atoms with Gasteiger partial charge in [-0.05, 0) is 45.6 Å². The lowest BCUT2D eigenvalue weighted by atomic mass is 10.1. The Labute approximate surface area is 108 Å². The molecule has 2 aromatic rings. The summed E-state index contributed by atoms with van der Waals surface area (Å²) in [5.74, 6) is 0.872. The highest BCUT2D eigenvalue weighted by Crippen LogP contribution is 2.33. The molecule has 0 aliphatic carbocycles. The number of hydrogen-bond acceptors (Lipinski definition) is 3. The third kappa shape index (κ3) is 2.29. The van der Waals surface area contributed by atoms with Gasteiger partial charge in [0.25, 0.3) is 0 Å². The molecule has 1 aromatic carbocycles. The highest BCUT2D eigenvalue weighted by Gasteiger charge is 2.12. The van der Waals surface area contributed by atoms with Gasteiger partial charge >= 0.3 is 0 Å². The first-order chi connectivity index (χ1) is 8.50. The minimum atomic E-state index is 0.670. The summed E-state index contributed by atoms with van der Waals surface area (Å²) in [4.78, 5) is 5.45. The summed E-state index contributed by atoms with van der Waals surface area (Å²) in [5.41, 5.74) is 10.2. The zero-order valence-corrected chi connectivity index (χ0v) is 11.5. The molecule has 0 atom stereocenters. The van der Waals surface area contributed by atoms with E-state index in [1.807, 2.05) is 26.2 Å². The van der Waals surface area contributed by atoms with Crippen molar-refractivity contribution in [1.29, 1.82) is 0 Å². The Kier molecular flexibility index (Phi) is 3.48. The summed E-state index contributed by atoms with van der Waals surface area (Å²) in [5, 5.41) is 1.08. The summed E-state index contributed by atoms with van der Waals surface area (Å²) in [6.45, 7) is 5.69. The molecule has 0 aliphatic heterocycles. The van der Waals surface area contributed by atoms with Crippen LogP contribution in [0, 0.1) is 13.8 Å². The van der Waals surface area contributed by atoms with Crippen LogP contribution >= 0.6 is 0 Å². The first-order valence-corrected chi connectivity index (χ1v) is 6.15. The second-order valence-corrected chi connectivity index (χ2v) is 4.93. The van der Waals surface area contributed by atoms with Crippen LogP contribution in [0.15, 0.2) is 12.1 Å². The van der Waals surface area contributed by atoms with Crippen molar-refractivity contribution in [3.63, 3.8) is 0 Å². The van der Waals surface area contributed by atoms with Crippen molar-refractivity contribution in [2.24, 2.45) is 0 Å². The number of hydrogen-bond donors (Lipinski definition) is 2. The van der Waals surface area contributed by atoms with Crippen LogP contribution in [0.4, 0.5) is 5.69 Å². The van der Waals surface area contributed by atoms with Gasteiger partial charge in [-0.3, -0.25) is 0 Å². The molecule has 0 amide bonds. The molecule has 0 unspecified atom stereocenters. The summed E-state index contributed by atoms with van der Waals surface area (Å²) >= 11 is 0. The van der Waals surface area contributed by atoms with Gasteiger partial charge < -0.3 is 20.4 Å². The Morgan fingerprint density at radius 3 is 2.67 bits per heavy atom. The SMILES string of the molecule is Cc1[nH]c2c(OCCN(C)C)ccc(N)c2c1C. The van der Waals surface area contributed by atoms with Gasteiger partial charge in [-0.1, -0.05) is 0 Å². The number of ether oxygens (including phenoxy) is 1. The number of H-pyrrole nitrogens is 1. The lowest BCUT2D eigenvalue weighted by Crippen LogP contribution is -2.19. The van der Waals surface area contributed by atoms with Crippen molar-refractivity contribution in [3.8, 4) is 5.75 Å². The van der Waals surface area contributed by atoms with Crippen molar-refractivity contribution in [2.75, 3.05) is 33.0 Å². The van der Waals surface area contributed by atoms with Gasteiger partial charge in [0.15, 0.2) is 0 Å². The van der Waals surface area contributed by atoms with Crippen LogP contribution in [-0.2, 0) is 0 Å². The van der Waals surface area contributed by atoms with E-state index in [0.29, 0.717) is 6.61 Å². The van der Waals surface area contributed by atoms with E-state index in [-0.39, 0.29) is 0 Å². The van der Waals surface area contributed by atoms with Gasteiger partial charge in [0, 0.05) is 23.3 Å². The van der Waals surface area contributed by atoms with Crippen LogP contribution in [0.1, 0.15) is 11.3 Å². The number of benzene rings is 1. The van der Waals surface area contributed by atoms with E-state index in [1.54, 1.807) is 0 Å². The summed E-state index contributed by atoms with van der Waals surface area (Å²) in [7, 11) is 4.07. The summed E-state index contributed by atoms with van der Waals surface area (Å²) in [6, 6.07) is 3.84. The number of nitrogens with one attached hydrogen (secondary N) is 1. The van der Waals surface area contributed by atoms with Crippen molar-refractivity contribution in [3.05, 3.63) is 23.4 Å². The van der Waals surface area contributed by atoms with Crippen LogP contribution in [-0.4, -0.2) is 37.1 Å². The second kappa shape index (κ2) is 4.90. The molecule has 3 N–H and O–H groups in total. The number of likely N-dealkylation sites (N-methyl/N-ethyl adjacent to an activating group) is 1. The summed E-state index contributed by atoms with van der Waals surface area (Å²) < 4.78 is 5.82. The van der Waals surface area contributed by atoms with E-state index >= 15 is 0 Å². The number of aromatic nitrogens is 1. The average Bonchev–Trinajstić information content (AvgIpc) is 2.59. The van der Waals surface area contributed by atoms with Crippen LogP contribution in [0.5, 0.6) is 5.75 Å². The van der Waals surface area contributed by atoms with Gasteiger partial charge in [-0.15, -0.1) is 0 Å². The third-order valence-electron chi connectivity index (χ3n) is 3.25. The molecule has 1 aromatic heterocycles. The molecule has 4 nitrogen and oxygen atoms in total. The minimum Gasteiger partial charge on any atom is -0.490 e. The van der Waals surface area contributed by atoms with Gasteiger partial charge in [-0.2, -0.15) is 0 Å². The van der Waals surface area contributed by atoms with Crippen LogP contribution < -0.4 is 10.5 Å². The standard InChI is InChI=1S/C14H21N3O/c1-9-10(2)16-14-12(18-8-7-17(3)4)6-5-11(15)13(9)14/h5-6,16H,7-8,15H2,1-4H3. The molecule has 0 bridgehead atoms. The number of aromatic amines is 1. The maximum absolute atomic E-state index is 6.03. The second-order valence-electron chi connectivity index (χ2n) is 4.93. The lowest BCUT2D eigenvalue weighted by Gasteiger charge is -2.12. The number of nitrogens with two attached hydrogens (primary N) is 1. The molecule has 18 heavy (non-hydrogen) atoms. The quantitative estimate of drug-likeness (QED) is 0.815. The molecule has 0 saturated heterocycles. The third-order valence-corrected chi connectivity index (χ3v) is 3.25. The molecule has 0 fully saturated rings. The molecule has 4 heteroatoms. The van der Waals surface area contributed by atoms with E-state index < -0.39 is 0 Å². The van der Waals surface area contributed by atoms with E-state index in [9.17, 15) is 0 Å². The predicted molar refractivity (Wildman–Crippen MR) is 76.2 cm³/mol. The largest absolute Gasteiger partial charge is 0.490 e. The average molecular weight is 247 g/mol. The Bertz CT molecular complexity index is 558. The Morgan fingerprint density at radius 1 is 1.28 bits per heavy atom. The highest BCUT2D eigenvalue weighted by atomic mass is 16.5. The monoisotopic (exact) mass is 247 g/mol. The van der Waals surface area contributed by atoms with Crippen molar-refractivity contribution in [2.45, 2.75) is 13.8 Å². The molecular weight excluding hydrogens is 226 g/mol. The number of nitrogens with zero attached hydrogens (tertiary/aromatic N) is 1. The first-order valence-electron chi connectivity index (χ1n) is 6.15. The first kappa shape index (κ1) is 12.8. The molecule has 0 radical (unpaired) electrons. The van der Waals surface area contributed by atoms with Crippen molar-refractivity contribution >= 4 is 16.6 Å². The Morgan fingerprint density at radius 2 is 2.00 bits per heavy atom. The van der Waals surface area contributed by atoms with Crippen molar-refractivity contribution < 1.29 is 4.74 Å².